The van der Waals surface area contributed by atoms with Crippen LogP contribution < -0.4 is 4.72 Å². The zero-order chi connectivity index (χ0) is 18.6. The Hall–Kier alpha value is -2.49. The molecular weight excluding hydrogens is 348 g/mol. The third-order valence-electron chi connectivity index (χ3n) is 4.82. The number of hydrogen-bond donors (Lipinski definition) is 1. The first-order valence-corrected chi connectivity index (χ1v) is 10.1. The van der Waals surface area contributed by atoms with Crippen LogP contribution in [0.2, 0.25) is 0 Å². The van der Waals surface area contributed by atoms with Crippen LogP contribution in [0.15, 0.2) is 72.8 Å². The molecule has 0 aromatic heterocycles. The lowest BCUT2D eigenvalue weighted by Crippen LogP contribution is -2.03. The van der Waals surface area contributed by atoms with Gasteiger partial charge in [0.15, 0.2) is 0 Å². The molecule has 2 nitrogen and oxygen atoms in total. The summed E-state index contributed by atoms with van der Waals surface area (Å²) in [5.74, 6) is 0. The van der Waals surface area contributed by atoms with Gasteiger partial charge >= 0.3 is 0 Å². The molecule has 0 saturated carbocycles. The van der Waals surface area contributed by atoms with E-state index in [2.05, 4.69) is 83.6 Å². The first-order chi connectivity index (χ1) is 13.2. The fourth-order valence-corrected chi connectivity index (χ4v) is 3.99. The monoisotopic (exact) mass is 372 g/mol. The van der Waals surface area contributed by atoms with Gasteiger partial charge in [-0.25, -0.2) is 4.31 Å². The molecule has 0 heterocycles. The van der Waals surface area contributed by atoms with Crippen LogP contribution in [0.25, 0.3) is 11.6 Å². The molecule has 1 N–H and O–H groups in total. The Kier molecular flexibility index (Phi) is 5.33. The average molecular weight is 373 g/mol. The van der Waals surface area contributed by atoms with Crippen molar-refractivity contribution in [2.45, 2.75) is 12.8 Å². The van der Waals surface area contributed by atoms with Crippen molar-refractivity contribution in [1.82, 2.24) is 4.31 Å². The number of nitrogens with one attached hydrogen (secondary N) is 1. The van der Waals surface area contributed by atoms with Crippen molar-refractivity contribution < 1.29 is 0 Å². The maximum absolute atomic E-state index is 3.39. The minimum atomic E-state index is 1.09. The molecule has 0 saturated heterocycles. The zero-order valence-electron chi connectivity index (χ0n) is 15.8. The maximum atomic E-state index is 3.39. The lowest BCUT2D eigenvalue weighted by molar-refractivity contribution is 0.706. The molecule has 0 fully saturated rings. The van der Waals surface area contributed by atoms with Crippen LogP contribution in [0.5, 0.6) is 0 Å². The Morgan fingerprint density at radius 2 is 1.44 bits per heavy atom. The molecule has 3 heteroatoms. The highest BCUT2D eigenvalue weighted by Gasteiger charge is 2.17. The molecule has 0 bridgehead atoms. The molecule has 27 heavy (non-hydrogen) atoms. The van der Waals surface area contributed by atoms with E-state index < -0.39 is 0 Å². The number of fused-ring (bicyclic) bond motifs is 2. The van der Waals surface area contributed by atoms with E-state index in [9.17, 15) is 0 Å². The van der Waals surface area contributed by atoms with Crippen molar-refractivity contribution in [3.05, 3.63) is 101 Å². The van der Waals surface area contributed by atoms with Gasteiger partial charge in [0, 0.05) is 17.8 Å². The van der Waals surface area contributed by atoms with E-state index in [-0.39, 0.29) is 0 Å². The second-order valence-electron chi connectivity index (χ2n) is 7.00. The predicted molar refractivity (Wildman–Crippen MR) is 119 cm³/mol. The van der Waals surface area contributed by atoms with Crippen molar-refractivity contribution in [3.63, 3.8) is 0 Å². The Morgan fingerprint density at radius 3 is 2.07 bits per heavy atom. The molecule has 3 aromatic rings. The van der Waals surface area contributed by atoms with E-state index in [0.29, 0.717) is 0 Å². The fraction of sp³-hybridized carbons (Fsp3) is 0.167. The molecular formula is C24H24N2S. The highest BCUT2D eigenvalue weighted by atomic mass is 32.2. The summed E-state index contributed by atoms with van der Waals surface area (Å²) >= 11 is 1.58. The number of hydrogen-bond acceptors (Lipinski definition) is 3. The highest BCUT2D eigenvalue weighted by molar-refractivity contribution is 7.98. The summed E-state index contributed by atoms with van der Waals surface area (Å²) in [6, 6.07) is 26.2. The summed E-state index contributed by atoms with van der Waals surface area (Å²) in [4.78, 5) is 0. The number of nitrogens with zero attached hydrogens (tertiary/aromatic N) is 1. The minimum absolute atomic E-state index is 1.09. The molecule has 0 amide bonds. The topological polar surface area (TPSA) is 15.3 Å². The van der Waals surface area contributed by atoms with E-state index in [4.69, 9.17) is 0 Å². The number of anilines is 1. The van der Waals surface area contributed by atoms with Gasteiger partial charge in [0.05, 0.1) is 0 Å². The first kappa shape index (κ1) is 17.9. The molecule has 1 aliphatic rings. The fourth-order valence-electron chi connectivity index (χ4n) is 3.57. The molecule has 0 unspecified atom stereocenters. The van der Waals surface area contributed by atoms with Gasteiger partial charge in [0.2, 0.25) is 0 Å². The van der Waals surface area contributed by atoms with Gasteiger partial charge in [0.1, 0.15) is 0 Å². The van der Waals surface area contributed by atoms with Crippen molar-refractivity contribution in [2.24, 2.45) is 0 Å². The molecule has 4 rings (SSSR count). The molecule has 0 atom stereocenters. The summed E-state index contributed by atoms with van der Waals surface area (Å²) in [5.41, 5.74) is 9.19. The molecule has 0 spiro atoms. The second kappa shape index (κ2) is 8.03. The van der Waals surface area contributed by atoms with Gasteiger partial charge in [-0.05, 0) is 78.5 Å². The van der Waals surface area contributed by atoms with Gasteiger partial charge in [0.25, 0.3) is 0 Å². The molecule has 136 valence electrons. The molecule has 0 aliphatic heterocycles. The quantitative estimate of drug-likeness (QED) is 0.573. The summed E-state index contributed by atoms with van der Waals surface area (Å²) < 4.78 is 5.43. The average Bonchev–Trinajstić information content (AvgIpc) is 2.85. The minimum Gasteiger partial charge on any atom is -0.317 e. The lowest BCUT2D eigenvalue weighted by atomic mass is 9.92. The van der Waals surface area contributed by atoms with E-state index in [0.717, 1.165) is 18.5 Å². The van der Waals surface area contributed by atoms with Crippen LogP contribution >= 0.6 is 12.1 Å². The van der Waals surface area contributed by atoms with Crippen LogP contribution in [0.4, 0.5) is 5.69 Å². The van der Waals surface area contributed by atoms with E-state index >= 15 is 0 Å². The largest absolute Gasteiger partial charge is 0.317 e. The van der Waals surface area contributed by atoms with Crippen LogP contribution in [0.1, 0.15) is 27.8 Å². The van der Waals surface area contributed by atoms with Gasteiger partial charge in [-0.1, -0.05) is 60.7 Å². The van der Waals surface area contributed by atoms with Crippen molar-refractivity contribution in [1.29, 1.82) is 0 Å². The normalized spacial score (nSPS) is 12.9. The Balaban J connectivity index is 1.80. The third kappa shape index (κ3) is 4.10. The van der Waals surface area contributed by atoms with Gasteiger partial charge in [-0.15, -0.1) is 0 Å². The Labute approximate surface area is 166 Å². The lowest BCUT2D eigenvalue weighted by Gasteiger charge is -2.13. The first-order valence-electron chi connectivity index (χ1n) is 9.29. The van der Waals surface area contributed by atoms with Crippen LogP contribution in [-0.2, 0) is 12.8 Å². The van der Waals surface area contributed by atoms with Crippen LogP contribution in [-0.4, -0.2) is 18.4 Å². The van der Waals surface area contributed by atoms with Gasteiger partial charge < -0.3 is 4.72 Å². The summed E-state index contributed by atoms with van der Waals surface area (Å²) in [5, 5.41) is 0. The smallest absolute Gasteiger partial charge is 0.0458 e. The summed E-state index contributed by atoms with van der Waals surface area (Å²) in [7, 11) is 4.06. The molecule has 3 aromatic carbocycles. The Bertz CT molecular complexity index is 926. The van der Waals surface area contributed by atoms with E-state index in [1.165, 1.54) is 33.4 Å². The number of rotatable bonds is 4. The Morgan fingerprint density at radius 1 is 0.815 bits per heavy atom. The number of benzene rings is 3. The molecule has 1 aliphatic carbocycles. The van der Waals surface area contributed by atoms with Crippen molar-refractivity contribution >= 4 is 29.5 Å². The van der Waals surface area contributed by atoms with Crippen molar-refractivity contribution in [3.8, 4) is 0 Å². The van der Waals surface area contributed by atoms with Crippen molar-refractivity contribution in [2.75, 3.05) is 18.8 Å². The van der Waals surface area contributed by atoms with E-state index in [1.54, 1.807) is 12.1 Å². The molecule has 0 radical (unpaired) electrons. The standard InChI is InChI=1S/C24H24N2S/c1-26(2)27-25-21-11-7-8-18(16-21)17-24-22-12-5-3-9-19(22)14-15-20-10-4-6-13-23(20)24/h3-13,16-17,25H,14-15H2,1-2H3. The maximum Gasteiger partial charge on any atom is 0.0458 e. The van der Waals surface area contributed by atoms with Crippen LogP contribution in [0.3, 0.4) is 0 Å². The van der Waals surface area contributed by atoms with Crippen LogP contribution in [0, 0.1) is 0 Å². The SMILES string of the molecule is CN(C)SNc1cccc(C=C2c3ccccc3CCc3ccccc32)c1. The third-order valence-corrected chi connectivity index (χ3v) is 5.51. The van der Waals surface area contributed by atoms with E-state index in [1.807, 2.05) is 18.4 Å². The van der Waals surface area contributed by atoms with Gasteiger partial charge in [-0.2, -0.15) is 0 Å². The zero-order valence-corrected chi connectivity index (χ0v) is 16.6. The van der Waals surface area contributed by atoms with Gasteiger partial charge in [-0.3, -0.25) is 0 Å². The highest BCUT2D eigenvalue weighted by Crippen LogP contribution is 2.35. The number of aryl methyl sites for hydroxylation is 2. The summed E-state index contributed by atoms with van der Waals surface area (Å²) in [6.07, 6.45) is 4.51. The predicted octanol–water partition coefficient (Wildman–Crippen LogP) is 5.91. The summed E-state index contributed by atoms with van der Waals surface area (Å²) in [6.45, 7) is 0. The second-order valence-corrected chi connectivity index (χ2v) is 8.12.